The molecule has 15 heavy (non-hydrogen) atoms. The van der Waals surface area contributed by atoms with Gasteiger partial charge in [-0.3, -0.25) is 0 Å². The Morgan fingerprint density at radius 2 is 2.40 bits per heavy atom. The van der Waals surface area contributed by atoms with Gasteiger partial charge in [0, 0.05) is 7.11 Å². The molecule has 2 heterocycles. The van der Waals surface area contributed by atoms with Crippen LogP contribution < -0.4 is 5.32 Å². The van der Waals surface area contributed by atoms with Crippen LogP contribution in [0.3, 0.4) is 0 Å². The zero-order valence-electron chi connectivity index (χ0n) is 9.45. The highest BCUT2D eigenvalue weighted by Crippen LogP contribution is 2.28. The van der Waals surface area contributed by atoms with Gasteiger partial charge in [0.25, 0.3) is 0 Å². The standard InChI is InChI=1S/C12H19NO2/c1-9-5-6-13-11(7-9)12-4-3-10(15-12)8-14-2/h3-4,9,11,13H,5-8H2,1-2H3. The molecule has 3 heteroatoms. The van der Waals surface area contributed by atoms with E-state index in [9.17, 15) is 0 Å². The van der Waals surface area contributed by atoms with E-state index in [1.165, 1.54) is 12.8 Å². The van der Waals surface area contributed by atoms with E-state index in [1.54, 1.807) is 7.11 Å². The van der Waals surface area contributed by atoms with Crippen LogP contribution in [0.25, 0.3) is 0 Å². The SMILES string of the molecule is COCc1ccc(C2CC(C)CCN2)o1. The molecule has 1 saturated heterocycles. The average molecular weight is 209 g/mol. The second kappa shape index (κ2) is 4.81. The van der Waals surface area contributed by atoms with E-state index >= 15 is 0 Å². The molecule has 3 nitrogen and oxygen atoms in total. The van der Waals surface area contributed by atoms with Crippen molar-refractivity contribution in [2.45, 2.75) is 32.4 Å². The summed E-state index contributed by atoms with van der Waals surface area (Å²) in [6.07, 6.45) is 2.43. The Morgan fingerprint density at radius 3 is 3.13 bits per heavy atom. The molecule has 1 aliphatic heterocycles. The Hall–Kier alpha value is -0.800. The first-order valence-corrected chi connectivity index (χ1v) is 5.60. The summed E-state index contributed by atoms with van der Waals surface area (Å²) in [4.78, 5) is 0. The summed E-state index contributed by atoms with van der Waals surface area (Å²) in [5, 5.41) is 3.49. The normalized spacial score (nSPS) is 26.8. The maximum Gasteiger partial charge on any atom is 0.129 e. The van der Waals surface area contributed by atoms with Crippen molar-refractivity contribution in [2.75, 3.05) is 13.7 Å². The number of methoxy groups -OCH3 is 1. The number of hydrogen-bond donors (Lipinski definition) is 1. The summed E-state index contributed by atoms with van der Waals surface area (Å²) in [5.74, 6) is 2.74. The largest absolute Gasteiger partial charge is 0.462 e. The van der Waals surface area contributed by atoms with Gasteiger partial charge in [-0.2, -0.15) is 0 Å². The van der Waals surface area contributed by atoms with Gasteiger partial charge in [0.05, 0.1) is 6.04 Å². The van der Waals surface area contributed by atoms with Gasteiger partial charge in [0.1, 0.15) is 18.1 Å². The summed E-state index contributed by atoms with van der Waals surface area (Å²) < 4.78 is 10.8. The van der Waals surface area contributed by atoms with E-state index in [1.807, 2.05) is 6.07 Å². The lowest BCUT2D eigenvalue weighted by atomic mass is 9.93. The van der Waals surface area contributed by atoms with Crippen molar-refractivity contribution in [3.63, 3.8) is 0 Å². The molecule has 0 aromatic carbocycles. The van der Waals surface area contributed by atoms with Crippen LogP contribution in [0, 0.1) is 5.92 Å². The maximum absolute atomic E-state index is 5.72. The Morgan fingerprint density at radius 1 is 1.53 bits per heavy atom. The maximum atomic E-state index is 5.72. The minimum Gasteiger partial charge on any atom is -0.462 e. The molecule has 1 aromatic rings. The molecule has 0 aliphatic carbocycles. The van der Waals surface area contributed by atoms with Crippen molar-refractivity contribution in [3.8, 4) is 0 Å². The van der Waals surface area contributed by atoms with E-state index in [-0.39, 0.29) is 0 Å². The van der Waals surface area contributed by atoms with Gasteiger partial charge < -0.3 is 14.5 Å². The summed E-state index contributed by atoms with van der Waals surface area (Å²) in [7, 11) is 1.68. The minimum atomic E-state index is 0.388. The first-order chi connectivity index (χ1) is 7.29. The van der Waals surface area contributed by atoms with Crippen LogP contribution in [-0.2, 0) is 11.3 Å². The van der Waals surface area contributed by atoms with Crippen LogP contribution in [-0.4, -0.2) is 13.7 Å². The second-order valence-corrected chi connectivity index (χ2v) is 4.37. The van der Waals surface area contributed by atoms with Crippen molar-refractivity contribution < 1.29 is 9.15 Å². The van der Waals surface area contributed by atoms with E-state index in [2.05, 4.69) is 18.3 Å². The van der Waals surface area contributed by atoms with Crippen LogP contribution in [0.5, 0.6) is 0 Å². The summed E-state index contributed by atoms with van der Waals surface area (Å²) in [6.45, 7) is 3.95. The van der Waals surface area contributed by atoms with Crippen molar-refractivity contribution in [1.82, 2.24) is 5.32 Å². The average Bonchev–Trinajstić information content (AvgIpc) is 2.67. The fraction of sp³-hybridized carbons (Fsp3) is 0.667. The van der Waals surface area contributed by atoms with E-state index in [0.717, 1.165) is 24.0 Å². The van der Waals surface area contributed by atoms with Crippen molar-refractivity contribution in [1.29, 1.82) is 0 Å². The van der Waals surface area contributed by atoms with E-state index in [0.29, 0.717) is 12.6 Å². The molecule has 1 aromatic heterocycles. The Labute approximate surface area is 90.8 Å². The third-order valence-corrected chi connectivity index (χ3v) is 2.98. The van der Waals surface area contributed by atoms with Crippen molar-refractivity contribution >= 4 is 0 Å². The fourth-order valence-electron chi connectivity index (χ4n) is 2.13. The minimum absolute atomic E-state index is 0.388. The van der Waals surface area contributed by atoms with Gasteiger partial charge in [-0.15, -0.1) is 0 Å². The second-order valence-electron chi connectivity index (χ2n) is 4.37. The van der Waals surface area contributed by atoms with Crippen LogP contribution in [0.4, 0.5) is 0 Å². The number of rotatable bonds is 3. The predicted molar refractivity (Wildman–Crippen MR) is 58.6 cm³/mol. The monoisotopic (exact) mass is 209 g/mol. The molecule has 1 N–H and O–H groups in total. The zero-order valence-corrected chi connectivity index (χ0v) is 9.45. The lowest BCUT2D eigenvalue weighted by Gasteiger charge is -2.26. The van der Waals surface area contributed by atoms with Gasteiger partial charge in [-0.25, -0.2) is 0 Å². The molecular weight excluding hydrogens is 190 g/mol. The highest BCUT2D eigenvalue weighted by Gasteiger charge is 2.22. The van der Waals surface area contributed by atoms with Crippen LogP contribution in [0.2, 0.25) is 0 Å². The van der Waals surface area contributed by atoms with Gasteiger partial charge in [0.2, 0.25) is 0 Å². The summed E-state index contributed by atoms with van der Waals surface area (Å²) in [6, 6.07) is 4.45. The molecule has 0 bridgehead atoms. The molecule has 0 saturated carbocycles. The van der Waals surface area contributed by atoms with Crippen molar-refractivity contribution in [2.24, 2.45) is 5.92 Å². The van der Waals surface area contributed by atoms with Gasteiger partial charge in [0.15, 0.2) is 0 Å². The third-order valence-electron chi connectivity index (χ3n) is 2.98. The molecule has 0 radical (unpaired) electrons. The topological polar surface area (TPSA) is 34.4 Å². The van der Waals surface area contributed by atoms with Gasteiger partial charge >= 0.3 is 0 Å². The molecule has 2 rings (SSSR count). The first-order valence-electron chi connectivity index (χ1n) is 5.60. The predicted octanol–water partition coefficient (Wildman–Crippen LogP) is 2.49. The molecule has 0 spiro atoms. The Kier molecular flexibility index (Phi) is 3.44. The molecule has 0 amide bonds. The lowest BCUT2D eigenvalue weighted by molar-refractivity contribution is 0.159. The smallest absolute Gasteiger partial charge is 0.129 e. The highest BCUT2D eigenvalue weighted by atomic mass is 16.5. The van der Waals surface area contributed by atoms with Crippen LogP contribution in [0.1, 0.15) is 37.3 Å². The van der Waals surface area contributed by atoms with Crippen LogP contribution >= 0.6 is 0 Å². The molecule has 2 atom stereocenters. The number of ether oxygens (including phenoxy) is 1. The number of nitrogens with one attached hydrogen (secondary N) is 1. The molecule has 1 aliphatic rings. The van der Waals surface area contributed by atoms with Crippen LogP contribution in [0.15, 0.2) is 16.5 Å². The summed E-state index contributed by atoms with van der Waals surface area (Å²) in [5.41, 5.74) is 0. The number of furan rings is 1. The van der Waals surface area contributed by atoms with E-state index < -0.39 is 0 Å². The summed E-state index contributed by atoms with van der Waals surface area (Å²) >= 11 is 0. The molecular formula is C12H19NO2. The molecule has 1 fully saturated rings. The molecule has 2 unspecified atom stereocenters. The van der Waals surface area contributed by atoms with Gasteiger partial charge in [-0.1, -0.05) is 6.92 Å². The third kappa shape index (κ3) is 2.61. The number of piperidine rings is 1. The zero-order chi connectivity index (χ0) is 10.7. The Balaban J connectivity index is 2.01. The molecule has 84 valence electrons. The van der Waals surface area contributed by atoms with Crippen molar-refractivity contribution in [3.05, 3.63) is 23.7 Å². The van der Waals surface area contributed by atoms with E-state index in [4.69, 9.17) is 9.15 Å². The Bertz CT molecular complexity index is 308. The fourth-order valence-corrected chi connectivity index (χ4v) is 2.13. The van der Waals surface area contributed by atoms with Gasteiger partial charge in [-0.05, 0) is 37.4 Å². The number of hydrogen-bond acceptors (Lipinski definition) is 3. The lowest BCUT2D eigenvalue weighted by Crippen LogP contribution is -2.30. The highest BCUT2D eigenvalue weighted by molar-refractivity contribution is 5.11. The quantitative estimate of drug-likeness (QED) is 0.830. The first kappa shape index (κ1) is 10.7.